The predicted octanol–water partition coefficient (Wildman–Crippen LogP) is 4.58. The van der Waals surface area contributed by atoms with Crippen molar-refractivity contribution in [1.82, 2.24) is 0 Å². The van der Waals surface area contributed by atoms with E-state index in [2.05, 4.69) is 6.92 Å². The van der Waals surface area contributed by atoms with Crippen LogP contribution in [0.1, 0.15) is 51.9 Å². The maximum atomic E-state index is 6.07. The molecule has 0 bridgehead atoms. The summed E-state index contributed by atoms with van der Waals surface area (Å²) < 4.78 is 11.5. The molecule has 0 spiro atoms. The standard InChI is InChI=1S/C17H26O2/c1-2-8-16(19-17-10-4-3-5-11-17)12-7-6-9-15-13-14-18-15/h3-5,10-11,15-16H,2,6-9,12-14H2,1H3. The van der Waals surface area contributed by atoms with Crippen molar-refractivity contribution in [3.05, 3.63) is 30.3 Å². The highest BCUT2D eigenvalue weighted by molar-refractivity contribution is 5.21. The average Bonchev–Trinajstić information content (AvgIpc) is 2.37. The molecule has 1 aliphatic heterocycles. The van der Waals surface area contributed by atoms with Crippen LogP contribution in [-0.4, -0.2) is 18.8 Å². The summed E-state index contributed by atoms with van der Waals surface area (Å²) in [5.74, 6) is 1.00. The maximum absolute atomic E-state index is 6.07. The first-order valence-corrected chi connectivity index (χ1v) is 7.71. The summed E-state index contributed by atoms with van der Waals surface area (Å²) >= 11 is 0. The van der Waals surface area contributed by atoms with Crippen LogP contribution in [0.3, 0.4) is 0 Å². The Morgan fingerprint density at radius 3 is 2.63 bits per heavy atom. The van der Waals surface area contributed by atoms with Crippen molar-refractivity contribution >= 4 is 0 Å². The van der Waals surface area contributed by atoms with Crippen molar-refractivity contribution in [2.24, 2.45) is 0 Å². The molecule has 1 heterocycles. The second-order valence-corrected chi connectivity index (χ2v) is 5.41. The van der Waals surface area contributed by atoms with Gasteiger partial charge in [-0.3, -0.25) is 0 Å². The minimum Gasteiger partial charge on any atom is -0.490 e. The van der Waals surface area contributed by atoms with Gasteiger partial charge < -0.3 is 9.47 Å². The summed E-state index contributed by atoms with van der Waals surface area (Å²) in [5, 5.41) is 0. The first kappa shape index (κ1) is 14.4. The third kappa shape index (κ3) is 5.23. The van der Waals surface area contributed by atoms with Gasteiger partial charge in [0.2, 0.25) is 0 Å². The molecule has 0 N–H and O–H groups in total. The van der Waals surface area contributed by atoms with Gasteiger partial charge in [0, 0.05) is 6.61 Å². The molecule has 1 fully saturated rings. The van der Waals surface area contributed by atoms with Crippen LogP contribution < -0.4 is 4.74 Å². The molecule has 0 aliphatic carbocycles. The first-order valence-electron chi connectivity index (χ1n) is 7.71. The molecule has 0 radical (unpaired) electrons. The number of para-hydroxylation sites is 1. The number of ether oxygens (including phenoxy) is 2. The second-order valence-electron chi connectivity index (χ2n) is 5.41. The van der Waals surface area contributed by atoms with Crippen LogP contribution in [0.25, 0.3) is 0 Å². The maximum Gasteiger partial charge on any atom is 0.119 e. The largest absolute Gasteiger partial charge is 0.490 e. The quantitative estimate of drug-likeness (QED) is 0.606. The normalized spacial score (nSPS) is 19.7. The van der Waals surface area contributed by atoms with Crippen molar-refractivity contribution in [3.8, 4) is 5.75 Å². The summed E-state index contributed by atoms with van der Waals surface area (Å²) in [6.45, 7) is 3.20. The molecular weight excluding hydrogens is 236 g/mol. The zero-order valence-corrected chi connectivity index (χ0v) is 12.0. The Balaban J connectivity index is 1.66. The highest BCUT2D eigenvalue weighted by Crippen LogP contribution is 2.21. The van der Waals surface area contributed by atoms with Gasteiger partial charge in [-0.05, 0) is 44.2 Å². The number of unbranched alkanes of at least 4 members (excludes halogenated alkanes) is 1. The number of rotatable bonds is 9. The van der Waals surface area contributed by atoms with E-state index in [1.807, 2.05) is 30.3 Å². The van der Waals surface area contributed by atoms with Gasteiger partial charge in [0.1, 0.15) is 5.75 Å². The van der Waals surface area contributed by atoms with E-state index in [1.165, 1.54) is 32.1 Å². The van der Waals surface area contributed by atoms with E-state index in [4.69, 9.17) is 9.47 Å². The fraction of sp³-hybridized carbons (Fsp3) is 0.647. The summed E-state index contributed by atoms with van der Waals surface area (Å²) in [7, 11) is 0. The van der Waals surface area contributed by atoms with Gasteiger partial charge in [-0.25, -0.2) is 0 Å². The van der Waals surface area contributed by atoms with Crippen LogP contribution in [0.4, 0.5) is 0 Å². The highest BCUT2D eigenvalue weighted by atomic mass is 16.5. The number of benzene rings is 1. The molecule has 106 valence electrons. The molecule has 2 atom stereocenters. The lowest BCUT2D eigenvalue weighted by Gasteiger charge is -2.26. The van der Waals surface area contributed by atoms with E-state index < -0.39 is 0 Å². The van der Waals surface area contributed by atoms with Gasteiger partial charge >= 0.3 is 0 Å². The molecule has 0 saturated carbocycles. The fourth-order valence-corrected chi connectivity index (χ4v) is 2.53. The third-order valence-electron chi connectivity index (χ3n) is 3.75. The monoisotopic (exact) mass is 262 g/mol. The van der Waals surface area contributed by atoms with Gasteiger partial charge in [-0.2, -0.15) is 0 Å². The molecule has 19 heavy (non-hydrogen) atoms. The molecule has 0 aromatic heterocycles. The first-order chi connectivity index (χ1) is 9.38. The second kappa shape index (κ2) is 8.21. The van der Waals surface area contributed by atoms with Crippen molar-refractivity contribution < 1.29 is 9.47 Å². The van der Waals surface area contributed by atoms with Gasteiger partial charge in [0.15, 0.2) is 0 Å². The molecule has 0 amide bonds. The molecule has 1 aromatic carbocycles. The lowest BCUT2D eigenvalue weighted by Crippen LogP contribution is -2.26. The summed E-state index contributed by atoms with van der Waals surface area (Å²) in [6.07, 6.45) is 9.42. The third-order valence-corrected chi connectivity index (χ3v) is 3.75. The van der Waals surface area contributed by atoms with Crippen LogP contribution in [-0.2, 0) is 4.74 Å². The van der Waals surface area contributed by atoms with E-state index >= 15 is 0 Å². The van der Waals surface area contributed by atoms with Crippen LogP contribution in [0.15, 0.2) is 30.3 Å². The zero-order valence-electron chi connectivity index (χ0n) is 12.0. The topological polar surface area (TPSA) is 18.5 Å². The van der Waals surface area contributed by atoms with E-state index in [9.17, 15) is 0 Å². The van der Waals surface area contributed by atoms with E-state index in [0.29, 0.717) is 12.2 Å². The Kier molecular flexibility index (Phi) is 6.22. The average molecular weight is 262 g/mol. The summed E-state index contributed by atoms with van der Waals surface area (Å²) in [6, 6.07) is 10.2. The predicted molar refractivity (Wildman–Crippen MR) is 78.6 cm³/mol. The highest BCUT2D eigenvalue weighted by Gasteiger charge is 2.17. The molecular formula is C17H26O2. The van der Waals surface area contributed by atoms with Crippen molar-refractivity contribution in [1.29, 1.82) is 0 Å². The SMILES string of the molecule is CCCC(CCCCC1CCO1)Oc1ccccc1. The molecule has 2 unspecified atom stereocenters. The Morgan fingerprint density at radius 1 is 1.21 bits per heavy atom. The van der Waals surface area contributed by atoms with Crippen LogP contribution >= 0.6 is 0 Å². The Morgan fingerprint density at radius 2 is 2.00 bits per heavy atom. The number of hydrogen-bond donors (Lipinski definition) is 0. The molecule has 1 aromatic rings. The lowest BCUT2D eigenvalue weighted by molar-refractivity contribution is -0.0558. The van der Waals surface area contributed by atoms with Gasteiger partial charge in [-0.1, -0.05) is 38.0 Å². The minimum absolute atomic E-state index is 0.370. The van der Waals surface area contributed by atoms with E-state index in [0.717, 1.165) is 25.2 Å². The lowest BCUT2D eigenvalue weighted by atomic mass is 10.0. The van der Waals surface area contributed by atoms with Crippen molar-refractivity contribution in [2.45, 2.75) is 64.1 Å². The van der Waals surface area contributed by atoms with Gasteiger partial charge in [0.05, 0.1) is 12.2 Å². The summed E-state index contributed by atoms with van der Waals surface area (Å²) in [5.41, 5.74) is 0. The van der Waals surface area contributed by atoms with E-state index in [1.54, 1.807) is 0 Å². The van der Waals surface area contributed by atoms with Crippen molar-refractivity contribution in [2.75, 3.05) is 6.61 Å². The molecule has 1 saturated heterocycles. The van der Waals surface area contributed by atoms with Gasteiger partial charge in [-0.15, -0.1) is 0 Å². The Labute approximate surface area is 117 Å². The summed E-state index contributed by atoms with van der Waals surface area (Å²) in [4.78, 5) is 0. The fourth-order valence-electron chi connectivity index (χ4n) is 2.53. The van der Waals surface area contributed by atoms with Crippen molar-refractivity contribution in [3.63, 3.8) is 0 Å². The molecule has 1 aliphatic rings. The molecule has 2 heteroatoms. The minimum atomic E-state index is 0.370. The smallest absolute Gasteiger partial charge is 0.119 e. The van der Waals surface area contributed by atoms with Crippen LogP contribution in [0, 0.1) is 0 Å². The Bertz CT molecular complexity index is 332. The van der Waals surface area contributed by atoms with Gasteiger partial charge in [0.25, 0.3) is 0 Å². The van der Waals surface area contributed by atoms with E-state index in [-0.39, 0.29) is 0 Å². The van der Waals surface area contributed by atoms with Crippen LogP contribution in [0.2, 0.25) is 0 Å². The molecule has 2 rings (SSSR count). The molecule has 2 nitrogen and oxygen atoms in total. The van der Waals surface area contributed by atoms with Crippen LogP contribution in [0.5, 0.6) is 5.75 Å². The Hall–Kier alpha value is -1.02. The number of hydrogen-bond acceptors (Lipinski definition) is 2. The zero-order chi connectivity index (χ0) is 13.3.